The number of benzene rings is 2. The van der Waals surface area contributed by atoms with Gasteiger partial charge in [0.1, 0.15) is 4.32 Å². The highest BCUT2D eigenvalue weighted by atomic mass is 35.5. The maximum absolute atomic E-state index is 12.7. The summed E-state index contributed by atoms with van der Waals surface area (Å²) in [7, 11) is 1.47. The van der Waals surface area contributed by atoms with Gasteiger partial charge < -0.3 is 14.8 Å². The van der Waals surface area contributed by atoms with Gasteiger partial charge >= 0.3 is 0 Å². The van der Waals surface area contributed by atoms with Crippen molar-refractivity contribution in [2.45, 2.75) is 19.8 Å². The lowest BCUT2D eigenvalue weighted by Gasteiger charge is -2.14. The van der Waals surface area contributed by atoms with Crippen LogP contribution in [-0.4, -0.2) is 41.3 Å². The summed E-state index contributed by atoms with van der Waals surface area (Å²) >= 11 is 18.9. The minimum absolute atomic E-state index is 0.118. The molecular weight excluding hydrogens is 503 g/mol. The third-order valence-corrected chi connectivity index (χ3v) is 6.54. The molecule has 0 unspecified atom stereocenters. The Morgan fingerprint density at radius 1 is 1.24 bits per heavy atom. The number of rotatable bonds is 9. The summed E-state index contributed by atoms with van der Waals surface area (Å²) in [5, 5.41) is 3.53. The minimum Gasteiger partial charge on any atom is -0.493 e. The largest absolute Gasteiger partial charge is 0.493 e. The monoisotopic (exact) mass is 524 g/mol. The molecule has 2 aromatic rings. The first-order valence-electron chi connectivity index (χ1n) is 10.1. The maximum atomic E-state index is 12.7. The highest BCUT2D eigenvalue weighted by Gasteiger charge is 2.31. The first kappa shape index (κ1) is 25.4. The molecule has 0 bridgehead atoms. The van der Waals surface area contributed by atoms with E-state index in [2.05, 4.69) is 12.2 Å². The van der Waals surface area contributed by atoms with Crippen LogP contribution >= 0.6 is 47.2 Å². The number of methoxy groups -OCH3 is 1. The van der Waals surface area contributed by atoms with Crippen molar-refractivity contribution in [2.75, 3.05) is 25.6 Å². The zero-order valence-corrected chi connectivity index (χ0v) is 21.2. The van der Waals surface area contributed by atoms with Gasteiger partial charge in [-0.2, -0.15) is 0 Å². The van der Waals surface area contributed by atoms with Crippen molar-refractivity contribution in [2.24, 2.45) is 0 Å². The van der Waals surface area contributed by atoms with Crippen LogP contribution < -0.4 is 14.8 Å². The first-order valence-corrected chi connectivity index (χ1v) is 12.1. The van der Waals surface area contributed by atoms with E-state index in [0.717, 1.165) is 12.8 Å². The number of unbranched alkanes of at least 4 members (excludes halogenated alkanes) is 1. The van der Waals surface area contributed by atoms with Crippen molar-refractivity contribution in [3.63, 3.8) is 0 Å². The molecule has 33 heavy (non-hydrogen) atoms. The number of nitrogens with one attached hydrogen (secondary N) is 1. The third kappa shape index (κ3) is 6.63. The molecule has 1 aliphatic rings. The number of hydrogen-bond donors (Lipinski definition) is 1. The van der Waals surface area contributed by atoms with E-state index in [1.165, 1.54) is 18.9 Å². The molecule has 1 aliphatic heterocycles. The molecule has 1 saturated heterocycles. The summed E-state index contributed by atoms with van der Waals surface area (Å²) in [4.78, 5) is 27.1. The van der Waals surface area contributed by atoms with Crippen LogP contribution in [0.1, 0.15) is 25.3 Å². The predicted molar refractivity (Wildman–Crippen MR) is 138 cm³/mol. The second-order valence-electron chi connectivity index (χ2n) is 7.06. The van der Waals surface area contributed by atoms with E-state index in [1.54, 1.807) is 47.4 Å². The fourth-order valence-electron chi connectivity index (χ4n) is 2.99. The number of thiocarbonyl (C=S) groups is 1. The van der Waals surface area contributed by atoms with Gasteiger partial charge in [0.15, 0.2) is 18.1 Å². The lowest BCUT2D eigenvalue weighted by Crippen LogP contribution is -2.28. The van der Waals surface area contributed by atoms with E-state index in [0.29, 0.717) is 37.8 Å². The quantitative estimate of drug-likeness (QED) is 0.319. The molecule has 10 heteroatoms. The van der Waals surface area contributed by atoms with Gasteiger partial charge in [-0.15, -0.1) is 0 Å². The second-order valence-corrected chi connectivity index (χ2v) is 9.58. The summed E-state index contributed by atoms with van der Waals surface area (Å²) in [5.74, 6) is 0.0931. The Hall–Kier alpha value is -2.26. The molecule has 0 atom stereocenters. The van der Waals surface area contributed by atoms with Crippen LogP contribution in [0.15, 0.2) is 41.3 Å². The molecule has 0 aliphatic carbocycles. The lowest BCUT2D eigenvalue weighted by atomic mass is 10.1. The molecule has 174 valence electrons. The summed E-state index contributed by atoms with van der Waals surface area (Å²) in [6.07, 6.45) is 3.58. The van der Waals surface area contributed by atoms with Gasteiger partial charge in [-0.05, 0) is 54.5 Å². The Kier molecular flexibility index (Phi) is 9.02. The average Bonchev–Trinajstić information content (AvgIpc) is 3.05. The topological polar surface area (TPSA) is 67.9 Å². The van der Waals surface area contributed by atoms with Gasteiger partial charge in [0.05, 0.1) is 17.0 Å². The van der Waals surface area contributed by atoms with Crippen LogP contribution in [-0.2, 0) is 9.59 Å². The third-order valence-electron chi connectivity index (χ3n) is 4.63. The van der Waals surface area contributed by atoms with E-state index < -0.39 is 0 Å². The number of amides is 2. The number of nitrogens with zero attached hydrogens (tertiary/aromatic N) is 1. The van der Waals surface area contributed by atoms with Crippen LogP contribution in [0, 0.1) is 0 Å². The average molecular weight is 525 g/mol. The number of halogens is 2. The van der Waals surface area contributed by atoms with E-state index in [9.17, 15) is 9.59 Å². The predicted octanol–water partition coefficient (Wildman–Crippen LogP) is 6.02. The Morgan fingerprint density at radius 3 is 2.64 bits per heavy atom. The van der Waals surface area contributed by atoms with Gasteiger partial charge in [-0.3, -0.25) is 14.5 Å². The summed E-state index contributed by atoms with van der Waals surface area (Å²) in [5.41, 5.74) is 1.25. The standard InChI is InChI=1S/C23H22Cl2N2O4S2/c1-3-4-9-27-22(29)19(33-23(27)32)12-14-10-17(25)21(18(11-14)30-2)31-13-20(28)26-16-7-5-15(24)6-8-16/h5-8,10-12H,3-4,9,13H2,1-2H3,(H,26,28)/b19-12-. The van der Waals surface area contributed by atoms with Crippen molar-refractivity contribution in [3.8, 4) is 11.5 Å². The number of carbonyl (C=O) groups is 2. The molecule has 0 spiro atoms. The summed E-state index contributed by atoms with van der Waals surface area (Å²) in [6.45, 7) is 2.40. The van der Waals surface area contributed by atoms with E-state index in [-0.39, 0.29) is 29.2 Å². The van der Waals surface area contributed by atoms with Crippen LogP contribution in [0.5, 0.6) is 11.5 Å². The SMILES string of the molecule is CCCCN1C(=O)/C(=C/c2cc(Cl)c(OCC(=O)Nc3ccc(Cl)cc3)c(OC)c2)SC1=S. The number of anilines is 1. The summed E-state index contributed by atoms with van der Waals surface area (Å²) in [6, 6.07) is 10.1. The highest BCUT2D eigenvalue weighted by Crippen LogP contribution is 2.39. The van der Waals surface area contributed by atoms with Gasteiger partial charge in [0.2, 0.25) is 0 Å². The fourth-order valence-corrected chi connectivity index (χ4v) is 4.70. The molecule has 2 amide bonds. The summed E-state index contributed by atoms with van der Waals surface area (Å²) < 4.78 is 11.6. The van der Waals surface area contributed by atoms with Crippen molar-refractivity contribution < 1.29 is 19.1 Å². The van der Waals surface area contributed by atoms with Gasteiger partial charge in [-0.1, -0.05) is 60.5 Å². The van der Waals surface area contributed by atoms with Crippen LogP contribution in [0.3, 0.4) is 0 Å². The number of ether oxygens (including phenoxy) is 2. The number of carbonyl (C=O) groups excluding carboxylic acids is 2. The minimum atomic E-state index is -0.365. The van der Waals surface area contributed by atoms with Gasteiger partial charge in [0, 0.05) is 17.3 Å². The normalized spacial score (nSPS) is 14.7. The van der Waals surface area contributed by atoms with Crippen molar-refractivity contribution in [1.82, 2.24) is 4.90 Å². The van der Waals surface area contributed by atoms with Crippen LogP contribution in [0.2, 0.25) is 10.0 Å². The molecule has 3 rings (SSSR count). The Labute approximate surface area is 212 Å². The van der Waals surface area contributed by atoms with Crippen LogP contribution in [0.4, 0.5) is 5.69 Å². The molecule has 1 N–H and O–H groups in total. The van der Waals surface area contributed by atoms with Gasteiger partial charge in [0.25, 0.3) is 11.8 Å². The molecular formula is C23H22Cl2N2O4S2. The number of hydrogen-bond acceptors (Lipinski definition) is 6. The van der Waals surface area contributed by atoms with Crippen molar-refractivity contribution in [1.29, 1.82) is 0 Å². The van der Waals surface area contributed by atoms with Gasteiger partial charge in [-0.25, -0.2) is 0 Å². The molecule has 6 nitrogen and oxygen atoms in total. The maximum Gasteiger partial charge on any atom is 0.266 e. The molecule has 0 radical (unpaired) electrons. The van der Waals surface area contributed by atoms with Crippen molar-refractivity contribution in [3.05, 3.63) is 56.9 Å². The first-order chi connectivity index (χ1) is 15.8. The Morgan fingerprint density at radius 2 is 1.97 bits per heavy atom. The second kappa shape index (κ2) is 11.7. The highest BCUT2D eigenvalue weighted by molar-refractivity contribution is 8.26. The number of thioether (sulfide) groups is 1. The van der Waals surface area contributed by atoms with E-state index in [1.807, 2.05) is 0 Å². The Balaban J connectivity index is 1.71. The van der Waals surface area contributed by atoms with Crippen LogP contribution in [0.25, 0.3) is 6.08 Å². The van der Waals surface area contributed by atoms with E-state index in [4.69, 9.17) is 44.9 Å². The molecule has 1 fully saturated rings. The molecule has 2 aromatic carbocycles. The molecule has 0 saturated carbocycles. The smallest absolute Gasteiger partial charge is 0.266 e. The lowest BCUT2D eigenvalue weighted by molar-refractivity contribution is -0.122. The van der Waals surface area contributed by atoms with E-state index >= 15 is 0 Å². The van der Waals surface area contributed by atoms with Crippen molar-refractivity contribution >= 4 is 75.1 Å². The fraction of sp³-hybridized carbons (Fsp3) is 0.261. The Bertz CT molecular complexity index is 1090. The zero-order valence-electron chi connectivity index (χ0n) is 18.0. The molecule has 0 aromatic heterocycles. The molecule has 1 heterocycles. The zero-order chi connectivity index (χ0) is 24.0.